The van der Waals surface area contributed by atoms with E-state index in [1.54, 1.807) is 73.8 Å². The molecule has 3 heterocycles. The number of ether oxygens (including phenoxy) is 3. The van der Waals surface area contributed by atoms with Crippen molar-refractivity contribution in [3.63, 3.8) is 0 Å². The number of carbonyl (C=O) groups excluding carboxylic acids is 4. The van der Waals surface area contributed by atoms with E-state index in [2.05, 4.69) is 15.6 Å². The molecule has 1 saturated heterocycles. The number of nitrogens with one attached hydrogen (secondary N) is 3. The van der Waals surface area contributed by atoms with Gasteiger partial charge in [0, 0.05) is 29.5 Å². The fourth-order valence-corrected chi connectivity index (χ4v) is 8.89. The second-order valence-electron chi connectivity index (χ2n) is 16.0. The number of sulfonamides is 1. The Bertz CT molecular complexity index is 2270. The minimum absolute atomic E-state index is 0.00646. The van der Waals surface area contributed by atoms with E-state index in [1.807, 2.05) is 41.1 Å². The number of alkyl carbamates (subject to hydrolysis) is 1. The monoisotopic (exact) mass is 822 g/mol. The van der Waals surface area contributed by atoms with Crippen molar-refractivity contribution in [3.05, 3.63) is 65.3 Å². The Balaban J connectivity index is 1.47. The Morgan fingerprint density at radius 2 is 1.63 bits per heavy atom. The van der Waals surface area contributed by atoms with E-state index in [-0.39, 0.29) is 22.9 Å². The van der Waals surface area contributed by atoms with Crippen LogP contribution in [0, 0.1) is 19.3 Å². The van der Waals surface area contributed by atoms with Gasteiger partial charge in [-0.3, -0.25) is 14.4 Å². The smallest absolute Gasteiger partial charge is 0.408 e. The summed E-state index contributed by atoms with van der Waals surface area (Å²) in [5, 5.41) is 6.47. The molecular formula is C40H50N6O9S2. The normalized spacial score (nSPS) is 17.1. The maximum Gasteiger partial charge on any atom is 0.408 e. The second-order valence-corrected chi connectivity index (χ2v) is 19.1. The zero-order valence-electron chi connectivity index (χ0n) is 33.8. The van der Waals surface area contributed by atoms with Gasteiger partial charge in [-0.05, 0) is 59.1 Å². The second kappa shape index (κ2) is 16.7. The Morgan fingerprint density at radius 3 is 2.23 bits per heavy atom. The van der Waals surface area contributed by atoms with Crippen LogP contribution < -0.4 is 24.8 Å². The van der Waals surface area contributed by atoms with Crippen LogP contribution in [0.3, 0.4) is 0 Å². The first kappa shape index (κ1) is 42.8. The molecule has 306 valence electrons. The van der Waals surface area contributed by atoms with E-state index in [0.29, 0.717) is 33.1 Å². The Morgan fingerprint density at radius 1 is 0.947 bits per heavy atom. The largest absolute Gasteiger partial charge is 0.497 e. The van der Waals surface area contributed by atoms with Gasteiger partial charge in [-0.2, -0.15) is 0 Å². The van der Waals surface area contributed by atoms with Gasteiger partial charge in [0.15, 0.2) is 4.21 Å². The molecular weight excluding hydrogens is 773 g/mol. The lowest BCUT2D eigenvalue weighted by Gasteiger charge is -2.35. The van der Waals surface area contributed by atoms with E-state index < -0.39 is 69.1 Å². The van der Waals surface area contributed by atoms with Gasteiger partial charge in [-0.1, -0.05) is 51.1 Å². The summed E-state index contributed by atoms with van der Waals surface area (Å²) in [5.74, 6) is -1.24. The van der Waals surface area contributed by atoms with Crippen molar-refractivity contribution in [1.82, 2.24) is 30.2 Å². The minimum Gasteiger partial charge on any atom is -0.497 e. The van der Waals surface area contributed by atoms with E-state index in [0.717, 1.165) is 16.9 Å². The van der Waals surface area contributed by atoms with Crippen LogP contribution in [-0.4, -0.2) is 90.6 Å². The highest BCUT2D eigenvalue weighted by Crippen LogP contribution is 2.35. The van der Waals surface area contributed by atoms with Crippen LogP contribution in [-0.2, 0) is 29.1 Å². The number of fused-ring (bicyclic) bond motifs is 1. The molecule has 5 rings (SSSR count). The van der Waals surface area contributed by atoms with Crippen molar-refractivity contribution in [3.8, 4) is 22.8 Å². The Labute approximate surface area is 336 Å². The molecule has 4 amide bonds. The number of aromatic nitrogens is 2. The molecule has 0 bridgehead atoms. The Kier molecular flexibility index (Phi) is 12.5. The molecule has 0 saturated carbocycles. The van der Waals surface area contributed by atoms with Gasteiger partial charge in [0.25, 0.3) is 15.9 Å². The van der Waals surface area contributed by atoms with Crippen LogP contribution in [0.2, 0.25) is 0 Å². The first-order valence-electron chi connectivity index (χ1n) is 18.4. The molecule has 4 aromatic rings. The predicted molar refractivity (Wildman–Crippen MR) is 215 cm³/mol. The third-order valence-electron chi connectivity index (χ3n) is 9.06. The average Bonchev–Trinajstić information content (AvgIpc) is 3.71. The molecule has 4 atom stereocenters. The summed E-state index contributed by atoms with van der Waals surface area (Å²) in [6.07, 6.45) is -1.56. The van der Waals surface area contributed by atoms with Crippen molar-refractivity contribution < 1.29 is 41.8 Å². The highest BCUT2D eigenvalue weighted by atomic mass is 32.2. The molecule has 1 aliphatic rings. The van der Waals surface area contributed by atoms with Gasteiger partial charge in [-0.15, -0.1) is 11.3 Å². The number of thiazole rings is 1. The molecule has 0 aliphatic carbocycles. The lowest BCUT2D eigenvalue weighted by molar-refractivity contribution is -0.142. The van der Waals surface area contributed by atoms with Crippen molar-refractivity contribution in [2.45, 2.75) is 103 Å². The molecule has 2 aromatic carbocycles. The van der Waals surface area contributed by atoms with Crippen LogP contribution in [0.4, 0.5) is 4.79 Å². The van der Waals surface area contributed by atoms with E-state index in [1.165, 1.54) is 18.7 Å². The van der Waals surface area contributed by atoms with Crippen LogP contribution in [0.15, 0.2) is 58.8 Å². The average molecular weight is 823 g/mol. The molecule has 2 aromatic heterocycles. The SMILES string of the molecule is COc1ccc2c(O[C@@H]3C[C@@H](C(=O)N[C@@H](C)C(=O)NS(=O)(=O)c4sc(C)nc4C)N(C(=O)[C@@H](NC(=O)OC(C)(C)C)C(C)(C)C)C3)cc(-c3ccccc3)nc2c1. The number of pyridine rings is 1. The van der Waals surface area contributed by atoms with E-state index in [4.69, 9.17) is 19.2 Å². The fourth-order valence-electron chi connectivity index (χ4n) is 6.36. The zero-order chi connectivity index (χ0) is 42.0. The summed E-state index contributed by atoms with van der Waals surface area (Å²) in [5.41, 5.74) is 0.614. The van der Waals surface area contributed by atoms with Gasteiger partial charge < -0.3 is 29.7 Å². The predicted octanol–water partition coefficient (Wildman–Crippen LogP) is 5.28. The fraction of sp³-hybridized carbons (Fsp3) is 0.450. The van der Waals surface area contributed by atoms with Crippen molar-refractivity contribution in [2.75, 3.05) is 13.7 Å². The van der Waals surface area contributed by atoms with Gasteiger partial charge >= 0.3 is 6.09 Å². The first-order valence-corrected chi connectivity index (χ1v) is 20.7. The maximum atomic E-state index is 14.6. The van der Waals surface area contributed by atoms with Crippen LogP contribution >= 0.6 is 11.3 Å². The van der Waals surface area contributed by atoms with Gasteiger partial charge in [0.1, 0.15) is 41.3 Å². The number of rotatable bonds is 11. The quantitative estimate of drug-likeness (QED) is 0.178. The standard InChI is InChI=1S/C40H50N6O9S2/c1-22(34(47)45-57(51,52)37-23(2)41-24(3)56-37)42-35(48)31-19-27(21-46(31)36(49)33(39(4,5)6)44-38(50)55-40(7,8)9)54-32-20-29(25-14-12-11-13-15-25)43-30-18-26(53-10)16-17-28(30)32/h11-18,20,22,27,31,33H,19,21H2,1-10H3,(H,42,48)(H,44,50)(H,45,47)/t22-,27+,31-,33+/m0/s1. The molecule has 0 radical (unpaired) electrons. The number of amides is 4. The summed E-state index contributed by atoms with van der Waals surface area (Å²) < 4.78 is 45.6. The lowest BCUT2D eigenvalue weighted by atomic mass is 9.85. The van der Waals surface area contributed by atoms with Gasteiger partial charge in [0.05, 0.1) is 35.6 Å². The third-order valence-corrected chi connectivity index (χ3v) is 12.1. The molecule has 15 nitrogen and oxygen atoms in total. The highest BCUT2D eigenvalue weighted by molar-refractivity contribution is 7.92. The number of benzene rings is 2. The molecule has 3 N–H and O–H groups in total. The molecule has 57 heavy (non-hydrogen) atoms. The number of methoxy groups -OCH3 is 1. The molecule has 0 unspecified atom stereocenters. The first-order chi connectivity index (χ1) is 26.6. The zero-order valence-corrected chi connectivity index (χ0v) is 35.4. The molecule has 1 aliphatic heterocycles. The number of hydrogen-bond acceptors (Lipinski definition) is 12. The van der Waals surface area contributed by atoms with E-state index in [9.17, 15) is 27.6 Å². The van der Waals surface area contributed by atoms with Gasteiger partial charge in [-0.25, -0.2) is 27.9 Å². The van der Waals surface area contributed by atoms with Gasteiger partial charge in [0.2, 0.25) is 11.8 Å². The van der Waals surface area contributed by atoms with E-state index >= 15 is 0 Å². The number of nitrogens with zero attached hydrogens (tertiary/aromatic N) is 3. The lowest BCUT2D eigenvalue weighted by Crippen LogP contribution is -2.59. The molecule has 0 spiro atoms. The number of aryl methyl sites for hydroxylation is 2. The highest BCUT2D eigenvalue weighted by Gasteiger charge is 2.46. The summed E-state index contributed by atoms with van der Waals surface area (Å²) in [6.45, 7) is 14.9. The summed E-state index contributed by atoms with van der Waals surface area (Å²) in [6, 6.07) is 13.0. The summed E-state index contributed by atoms with van der Waals surface area (Å²) >= 11 is 0.919. The molecule has 17 heteroatoms. The Hall–Kier alpha value is -5.29. The summed E-state index contributed by atoms with van der Waals surface area (Å²) in [4.78, 5) is 65.2. The number of carbonyl (C=O) groups is 4. The number of hydrogen-bond donors (Lipinski definition) is 3. The van der Waals surface area contributed by atoms with Crippen LogP contribution in [0.1, 0.15) is 65.6 Å². The number of likely N-dealkylation sites (tertiary alicyclic amines) is 1. The topological polar surface area (TPSA) is 195 Å². The van der Waals surface area contributed by atoms with Crippen LogP contribution in [0.25, 0.3) is 22.2 Å². The van der Waals surface area contributed by atoms with Crippen molar-refractivity contribution >= 4 is 56.1 Å². The maximum absolute atomic E-state index is 14.6. The minimum atomic E-state index is -4.28. The molecule has 1 fully saturated rings. The third kappa shape index (κ3) is 10.4. The van der Waals surface area contributed by atoms with Crippen LogP contribution in [0.5, 0.6) is 11.5 Å². The summed E-state index contributed by atoms with van der Waals surface area (Å²) in [7, 11) is -2.72. The van der Waals surface area contributed by atoms with Crippen molar-refractivity contribution in [1.29, 1.82) is 0 Å². The van der Waals surface area contributed by atoms with Crippen molar-refractivity contribution in [2.24, 2.45) is 5.41 Å².